The largest absolute Gasteiger partial charge is 0.497 e. The Balaban J connectivity index is 1.87. The lowest BCUT2D eigenvalue weighted by Gasteiger charge is -2.15. The summed E-state index contributed by atoms with van der Waals surface area (Å²) >= 11 is 6.09. The van der Waals surface area contributed by atoms with E-state index in [4.69, 9.17) is 16.3 Å². The number of methoxy groups -OCH3 is 1. The van der Waals surface area contributed by atoms with Gasteiger partial charge in [-0.15, -0.1) is 0 Å². The second-order valence-electron chi connectivity index (χ2n) is 5.24. The Morgan fingerprint density at radius 1 is 1.00 bits per heavy atom. The van der Waals surface area contributed by atoms with Gasteiger partial charge in [-0.3, -0.25) is 14.5 Å². The Kier molecular flexibility index (Phi) is 4.36. The lowest BCUT2D eigenvalue weighted by atomic mass is 10.1. The fraction of sp³-hybridized carbons (Fsp3) is 0.111. The van der Waals surface area contributed by atoms with Crippen LogP contribution in [0.3, 0.4) is 0 Å². The number of carbonyl (C=O) groups excluding carboxylic acids is 2. The fourth-order valence-electron chi connectivity index (χ4n) is 2.47. The van der Waals surface area contributed by atoms with Gasteiger partial charge in [-0.25, -0.2) is 4.39 Å². The number of rotatable bonds is 4. The highest BCUT2D eigenvalue weighted by Crippen LogP contribution is 2.33. The van der Waals surface area contributed by atoms with E-state index in [2.05, 4.69) is 0 Å². The van der Waals surface area contributed by atoms with Gasteiger partial charge in [-0.2, -0.15) is 0 Å². The summed E-state index contributed by atoms with van der Waals surface area (Å²) in [5.74, 6) is -0.778. The first-order chi connectivity index (χ1) is 11.5. The molecular formula is C18H13ClFNO3. The van der Waals surface area contributed by atoms with Gasteiger partial charge in [0.25, 0.3) is 11.8 Å². The minimum Gasteiger partial charge on any atom is -0.497 e. The number of hydrogen-bond acceptors (Lipinski definition) is 3. The molecule has 0 bridgehead atoms. The highest BCUT2D eigenvalue weighted by Gasteiger charge is 2.38. The van der Waals surface area contributed by atoms with Gasteiger partial charge in [0.15, 0.2) is 0 Å². The number of ether oxygens (including phenoxy) is 1. The van der Waals surface area contributed by atoms with E-state index >= 15 is 0 Å². The highest BCUT2D eigenvalue weighted by molar-refractivity contribution is 6.55. The van der Waals surface area contributed by atoms with Crippen molar-refractivity contribution in [2.75, 3.05) is 7.11 Å². The predicted molar refractivity (Wildman–Crippen MR) is 87.7 cm³/mol. The van der Waals surface area contributed by atoms with Crippen LogP contribution >= 0.6 is 11.6 Å². The fourth-order valence-corrected chi connectivity index (χ4v) is 2.76. The molecule has 2 aromatic carbocycles. The third-order valence-corrected chi connectivity index (χ3v) is 4.09. The summed E-state index contributed by atoms with van der Waals surface area (Å²) in [7, 11) is 1.54. The van der Waals surface area contributed by atoms with Crippen molar-refractivity contribution in [1.82, 2.24) is 4.90 Å². The van der Waals surface area contributed by atoms with E-state index in [0.717, 1.165) is 4.90 Å². The molecule has 0 atom stereocenters. The summed E-state index contributed by atoms with van der Waals surface area (Å²) in [5, 5.41) is -0.118. The summed E-state index contributed by atoms with van der Waals surface area (Å²) in [4.78, 5) is 26.0. The number of nitrogens with zero attached hydrogens (tertiary/aromatic N) is 1. The van der Waals surface area contributed by atoms with Crippen molar-refractivity contribution in [3.8, 4) is 5.75 Å². The maximum atomic E-state index is 13.0. The molecule has 0 fully saturated rings. The average Bonchev–Trinajstić information content (AvgIpc) is 2.80. The van der Waals surface area contributed by atoms with E-state index < -0.39 is 11.8 Å². The van der Waals surface area contributed by atoms with Crippen molar-refractivity contribution in [2.45, 2.75) is 6.54 Å². The Morgan fingerprint density at radius 2 is 1.62 bits per heavy atom. The Morgan fingerprint density at radius 3 is 2.21 bits per heavy atom. The number of benzene rings is 2. The first-order valence-electron chi connectivity index (χ1n) is 7.16. The maximum Gasteiger partial charge on any atom is 0.273 e. The molecule has 24 heavy (non-hydrogen) atoms. The van der Waals surface area contributed by atoms with E-state index in [1.54, 1.807) is 24.3 Å². The van der Waals surface area contributed by atoms with Gasteiger partial charge in [-0.1, -0.05) is 35.9 Å². The maximum absolute atomic E-state index is 13.0. The molecule has 0 saturated heterocycles. The molecule has 1 aliphatic rings. The topological polar surface area (TPSA) is 46.6 Å². The Hall–Kier alpha value is -2.66. The van der Waals surface area contributed by atoms with Crippen LogP contribution in [0.4, 0.5) is 4.39 Å². The normalized spacial score (nSPS) is 14.5. The lowest BCUT2D eigenvalue weighted by molar-refractivity contribution is -0.137. The molecule has 4 nitrogen and oxygen atoms in total. The molecule has 1 aliphatic heterocycles. The zero-order valence-corrected chi connectivity index (χ0v) is 13.5. The molecule has 0 radical (unpaired) electrons. The molecule has 0 saturated carbocycles. The average molecular weight is 346 g/mol. The summed E-state index contributed by atoms with van der Waals surface area (Å²) in [6.07, 6.45) is 0. The molecule has 0 N–H and O–H groups in total. The van der Waals surface area contributed by atoms with E-state index in [1.807, 2.05) is 0 Å². The predicted octanol–water partition coefficient (Wildman–Crippen LogP) is 3.35. The van der Waals surface area contributed by atoms with Crippen molar-refractivity contribution in [2.24, 2.45) is 0 Å². The quantitative estimate of drug-likeness (QED) is 0.798. The zero-order chi connectivity index (χ0) is 17.3. The standard InChI is InChI=1S/C18H13ClFNO3/c1-24-14-8-4-12(5-9-14)15-16(19)18(23)21(17(15)22)10-11-2-6-13(20)7-3-11/h2-9H,10H2,1H3. The molecular weight excluding hydrogens is 333 g/mol. The van der Waals surface area contributed by atoms with Gasteiger partial charge < -0.3 is 4.74 Å². The minimum absolute atomic E-state index is 0.0355. The van der Waals surface area contributed by atoms with Crippen molar-refractivity contribution in [1.29, 1.82) is 0 Å². The lowest BCUT2D eigenvalue weighted by Crippen LogP contribution is -2.30. The van der Waals surface area contributed by atoms with Gasteiger partial charge in [0.05, 0.1) is 19.2 Å². The molecule has 1 heterocycles. The third kappa shape index (κ3) is 2.90. The van der Waals surface area contributed by atoms with E-state index in [0.29, 0.717) is 16.9 Å². The number of carbonyl (C=O) groups is 2. The summed E-state index contributed by atoms with van der Waals surface area (Å²) in [6.45, 7) is 0.0355. The summed E-state index contributed by atoms with van der Waals surface area (Å²) in [5.41, 5.74) is 1.34. The molecule has 122 valence electrons. The Labute approximate surface area is 143 Å². The number of halogens is 2. The minimum atomic E-state index is -0.559. The van der Waals surface area contributed by atoms with Gasteiger partial charge in [0.1, 0.15) is 16.6 Å². The van der Waals surface area contributed by atoms with Crippen LogP contribution in [-0.2, 0) is 16.1 Å². The van der Waals surface area contributed by atoms with E-state index in [9.17, 15) is 14.0 Å². The van der Waals surface area contributed by atoms with Crippen molar-refractivity contribution in [3.63, 3.8) is 0 Å². The SMILES string of the molecule is COc1ccc(C2=C(Cl)C(=O)N(Cc3ccc(F)cc3)C2=O)cc1. The molecule has 0 unspecified atom stereocenters. The molecule has 2 amide bonds. The van der Waals surface area contributed by atoms with Crippen molar-refractivity contribution >= 4 is 29.0 Å². The van der Waals surface area contributed by atoms with Gasteiger partial charge in [0, 0.05) is 0 Å². The summed E-state index contributed by atoms with van der Waals surface area (Å²) in [6, 6.07) is 12.3. The Bertz CT molecular complexity index is 828. The second-order valence-corrected chi connectivity index (χ2v) is 5.62. The smallest absolute Gasteiger partial charge is 0.273 e. The van der Waals surface area contributed by atoms with Crippen molar-refractivity contribution in [3.05, 3.63) is 70.5 Å². The van der Waals surface area contributed by atoms with Crippen LogP contribution in [-0.4, -0.2) is 23.8 Å². The van der Waals surface area contributed by atoms with Crippen LogP contribution < -0.4 is 4.74 Å². The van der Waals surface area contributed by atoms with Crippen LogP contribution in [0.1, 0.15) is 11.1 Å². The second kappa shape index (κ2) is 6.45. The van der Waals surface area contributed by atoms with Gasteiger partial charge >= 0.3 is 0 Å². The third-order valence-electron chi connectivity index (χ3n) is 3.74. The van der Waals surface area contributed by atoms with Crippen LogP contribution in [0.25, 0.3) is 5.57 Å². The molecule has 6 heteroatoms. The molecule has 3 rings (SSSR count). The molecule has 0 aliphatic carbocycles. The monoisotopic (exact) mass is 345 g/mol. The number of amides is 2. The first-order valence-corrected chi connectivity index (χ1v) is 7.54. The van der Waals surface area contributed by atoms with Crippen LogP contribution in [0, 0.1) is 5.82 Å². The van der Waals surface area contributed by atoms with Gasteiger partial charge in [-0.05, 0) is 35.4 Å². The van der Waals surface area contributed by atoms with E-state index in [-0.39, 0.29) is 23.0 Å². The summed E-state index contributed by atoms with van der Waals surface area (Å²) < 4.78 is 18.0. The number of hydrogen-bond donors (Lipinski definition) is 0. The highest BCUT2D eigenvalue weighted by atomic mass is 35.5. The number of imide groups is 1. The van der Waals surface area contributed by atoms with Crippen LogP contribution in [0.15, 0.2) is 53.6 Å². The van der Waals surface area contributed by atoms with E-state index in [1.165, 1.54) is 31.4 Å². The van der Waals surface area contributed by atoms with Crippen molar-refractivity contribution < 1.29 is 18.7 Å². The molecule has 0 aromatic heterocycles. The molecule has 0 spiro atoms. The molecule has 2 aromatic rings. The van der Waals surface area contributed by atoms with Crippen LogP contribution in [0.2, 0.25) is 0 Å². The first kappa shape index (κ1) is 16.2. The zero-order valence-electron chi connectivity index (χ0n) is 12.8. The van der Waals surface area contributed by atoms with Gasteiger partial charge in [0.2, 0.25) is 0 Å². The van der Waals surface area contributed by atoms with Crippen LogP contribution in [0.5, 0.6) is 5.75 Å².